The lowest BCUT2D eigenvalue weighted by Crippen LogP contribution is -2.06. The summed E-state index contributed by atoms with van der Waals surface area (Å²) >= 11 is 0. The lowest BCUT2D eigenvalue weighted by molar-refractivity contribution is 0.0513. The van der Waals surface area contributed by atoms with Gasteiger partial charge in [-0.2, -0.15) is 0 Å². The number of rotatable bonds is 3. The van der Waals surface area contributed by atoms with Crippen LogP contribution in [0.5, 0.6) is 0 Å². The van der Waals surface area contributed by atoms with Gasteiger partial charge in [0.25, 0.3) is 0 Å². The Bertz CT molecular complexity index is 762. The molecule has 1 aromatic heterocycles. The minimum atomic E-state index is -0.431. The Morgan fingerprint density at radius 3 is 2.80 bits per heavy atom. The molecule has 0 atom stereocenters. The number of fused-ring (bicyclic) bond motifs is 1. The van der Waals surface area contributed by atoms with Gasteiger partial charge in [0.15, 0.2) is 0 Å². The fourth-order valence-electron chi connectivity index (χ4n) is 2.13. The standard InChI is InChI=1S/C16H14N2O2/c1-2-20-16(19)15-17-10-14(18-15)13-8-7-11-5-3-4-6-12(11)9-13/h3-10H,2H2,1H3,(H,17,18). The molecule has 0 fully saturated rings. The highest BCUT2D eigenvalue weighted by molar-refractivity contribution is 5.88. The van der Waals surface area contributed by atoms with Crippen molar-refractivity contribution in [2.75, 3.05) is 6.61 Å². The predicted octanol–water partition coefficient (Wildman–Crippen LogP) is 3.41. The fraction of sp³-hybridized carbons (Fsp3) is 0.125. The Balaban J connectivity index is 1.96. The van der Waals surface area contributed by atoms with Gasteiger partial charge in [0.1, 0.15) is 0 Å². The van der Waals surface area contributed by atoms with Crippen molar-refractivity contribution in [2.24, 2.45) is 0 Å². The molecular formula is C16H14N2O2. The first-order valence-electron chi connectivity index (χ1n) is 6.49. The molecule has 0 aliphatic carbocycles. The van der Waals surface area contributed by atoms with E-state index in [4.69, 9.17) is 4.74 Å². The van der Waals surface area contributed by atoms with Crippen LogP contribution in [0.2, 0.25) is 0 Å². The number of ether oxygens (including phenoxy) is 1. The second kappa shape index (κ2) is 5.17. The van der Waals surface area contributed by atoms with Crippen molar-refractivity contribution in [3.63, 3.8) is 0 Å². The number of hydrogen-bond acceptors (Lipinski definition) is 3. The van der Waals surface area contributed by atoms with Crippen LogP contribution in [0.1, 0.15) is 17.5 Å². The van der Waals surface area contributed by atoms with E-state index in [9.17, 15) is 4.79 Å². The summed E-state index contributed by atoms with van der Waals surface area (Å²) in [6.45, 7) is 2.11. The zero-order valence-corrected chi connectivity index (χ0v) is 11.1. The number of carbonyl (C=O) groups is 1. The number of nitrogens with one attached hydrogen (secondary N) is 1. The highest BCUT2D eigenvalue weighted by Crippen LogP contribution is 2.23. The number of aromatic amines is 1. The van der Waals surface area contributed by atoms with E-state index >= 15 is 0 Å². The van der Waals surface area contributed by atoms with Crippen molar-refractivity contribution in [1.82, 2.24) is 9.97 Å². The molecule has 4 nitrogen and oxygen atoms in total. The SMILES string of the molecule is CCOC(=O)c1ncc(-c2ccc3ccccc3c2)[nH]1. The summed E-state index contributed by atoms with van der Waals surface area (Å²) in [5, 5.41) is 2.33. The highest BCUT2D eigenvalue weighted by atomic mass is 16.5. The second-order valence-corrected chi connectivity index (χ2v) is 4.43. The van der Waals surface area contributed by atoms with Gasteiger partial charge in [0.2, 0.25) is 5.82 Å². The summed E-state index contributed by atoms with van der Waals surface area (Å²) in [6, 6.07) is 14.3. The van der Waals surface area contributed by atoms with E-state index in [2.05, 4.69) is 34.2 Å². The van der Waals surface area contributed by atoms with Crippen molar-refractivity contribution in [3.05, 3.63) is 54.5 Å². The van der Waals surface area contributed by atoms with E-state index < -0.39 is 5.97 Å². The molecule has 0 amide bonds. The van der Waals surface area contributed by atoms with Gasteiger partial charge < -0.3 is 9.72 Å². The molecule has 0 spiro atoms. The van der Waals surface area contributed by atoms with Crippen LogP contribution in [0.15, 0.2) is 48.7 Å². The van der Waals surface area contributed by atoms with E-state index in [0.717, 1.165) is 16.6 Å². The van der Waals surface area contributed by atoms with Gasteiger partial charge in [-0.3, -0.25) is 0 Å². The Hall–Kier alpha value is -2.62. The molecule has 100 valence electrons. The van der Waals surface area contributed by atoms with E-state index in [0.29, 0.717) is 6.61 Å². The van der Waals surface area contributed by atoms with Gasteiger partial charge >= 0.3 is 5.97 Å². The van der Waals surface area contributed by atoms with Crippen LogP contribution < -0.4 is 0 Å². The largest absolute Gasteiger partial charge is 0.460 e. The first-order chi connectivity index (χ1) is 9.78. The third-order valence-electron chi connectivity index (χ3n) is 3.11. The first kappa shape index (κ1) is 12.4. The number of imidazole rings is 1. The predicted molar refractivity (Wildman–Crippen MR) is 77.5 cm³/mol. The maximum Gasteiger partial charge on any atom is 0.374 e. The number of nitrogens with zero attached hydrogens (tertiary/aromatic N) is 1. The first-order valence-corrected chi connectivity index (χ1v) is 6.49. The molecule has 0 aliphatic heterocycles. The summed E-state index contributed by atoms with van der Waals surface area (Å²) < 4.78 is 4.91. The number of H-pyrrole nitrogens is 1. The summed E-state index contributed by atoms with van der Waals surface area (Å²) in [7, 11) is 0. The monoisotopic (exact) mass is 266 g/mol. The normalized spacial score (nSPS) is 10.7. The van der Waals surface area contributed by atoms with Gasteiger partial charge in [-0.15, -0.1) is 0 Å². The Morgan fingerprint density at radius 1 is 1.20 bits per heavy atom. The Kier molecular flexibility index (Phi) is 3.21. The van der Waals surface area contributed by atoms with Crippen LogP contribution >= 0.6 is 0 Å². The van der Waals surface area contributed by atoms with Crippen molar-refractivity contribution in [2.45, 2.75) is 6.92 Å². The van der Waals surface area contributed by atoms with Crippen molar-refractivity contribution in [3.8, 4) is 11.3 Å². The Labute approximate surface area is 116 Å². The zero-order valence-electron chi connectivity index (χ0n) is 11.1. The molecule has 4 heteroatoms. The van der Waals surface area contributed by atoms with Crippen molar-refractivity contribution >= 4 is 16.7 Å². The van der Waals surface area contributed by atoms with Gasteiger partial charge in [0, 0.05) is 5.56 Å². The molecule has 0 saturated carbocycles. The third-order valence-corrected chi connectivity index (χ3v) is 3.11. The number of benzene rings is 2. The van der Waals surface area contributed by atoms with Gasteiger partial charge in [-0.1, -0.05) is 36.4 Å². The highest BCUT2D eigenvalue weighted by Gasteiger charge is 2.11. The molecule has 1 heterocycles. The van der Waals surface area contributed by atoms with Crippen molar-refractivity contribution in [1.29, 1.82) is 0 Å². The Morgan fingerprint density at radius 2 is 2.00 bits per heavy atom. The summed E-state index contributed by atoms with van der Waals surface area (Å²) in [6.07, 6.45) is 1.65. The topological polar surface area (TPSA) is 55.0 Å². The molecule has 20 heavy (non-hydrogen) atoms. The number of esters is 1. The third kappa shape index (κ3) is 2.28. The maximum atomic E-state index is 11.6. The van der Waals surface area contributed by atoms with Crippen LogP contribution in [-0.2, 0) is 4.74 Å². The molecule has 3 aromatic rings. The lowest BCUT2D eigenvalue weighted by Gasteiger charge is -2.01. The minimum Gasteiger partial charge on any atom is -0.460 e. The number of aromatic nitrogens is 2. The quantitative estimate of drug-likeness (QED) is 0.739. The molecule has 2 aromatic carbocycles. The molecule has 3 rings (SSSR count). The molecule has 0 bridgehead atoms. The van der Waals surface area contributed by atoms with E-state index in [-0.39, 0.29) is 5.82 Å². The smallest absolute Gasteiger partial charge is 0.374 e. The number of hydrogen-bond donors (Lipinski definition) is 1. The van der Waals surface area contributed by atoms with Crippen LogP contribution in [0.4, 0.5) is 0 Å². The molecule has 0 radical (unpaired) electrons. The van der Waals surface area contributed by atoms with Gasteiger partial charge in [-0.05, 0) is 23.8 Å². The van der Waals surface area contributed by atoms with Gasteiger partial charge in [0.05, 0.1) is 18.5 Å². The molecule has 0 aliphatic rings. The summed E-state index contributed by atoms with van der Waals surface area (Å²) in [4.78, 5) is 18.6. The van der Waals surface area contributed by atoms with Crippen LogP contribution in [0, 0.1) is 0 Å². The fourth-order valence-corrected chi connectivity index (χ4v) is 2.13. The molecular weight excluding hydrogens is 252 g/mol. The molecule has 0 saturated heterocycles. The maximum absolute atomic E-state index is 11.6. The molecule has 0 unspecified atom stereocenters. The lowest BCUT2D eigenvalue weighted by atomic mass is 10.1. The van der Waals surface area contributed by atoms with E-state index in [1.165, 1.54) is 5.39 Å². The van der Waals surface area contributed by atoms with Crippen LogP contribution in [0.25, 0.3) is 22.0 Å². The average Bonchev–Trinajstić information content (AvgIpc) is 2.97. The van der Waals surface area contributed by atoms with E-state index in [1.807, 2.05) is 18.2 Å². The summed E-state index contributed by atoms with van der Waals surface area (Å²) in [5.41, 5.74) is 1.80. The second-order valence-electron chi connectivity index (χ2n) is 4.43. The van der Waals surface area contributed by atoms with Crippen LogP contribution in [0.3, 0.4) is 0 Å². The zero-order chi connectivity index (χ0) is 13.9. The molecule has 1 N–H and O–H groups in total. The summed E-state index contributed by atoms with van der Waals surface area (Å²) in [5.74, 6) is -0.199. The van der Waals surface area contributed by atoms with Gasteiger partial charge in [-0.25, -0.2) is 9.78 Å². The van der Waals surface area contributed by atoms with Crippen LogP contribution in [-0.4, -0.2) is 22.5 Å². The number of carbonyl (C=O) groups excluding carboxylic acids is 1. The van der Waals surface area contributed by atoms with Crippen molar-refractivity contribution < 1.29 is 9.53 Å². The average molecular weight is 266 g/mol. The minimum absolute atomic E-state index is 0.231. The van der Waals surface area contributed by atoms with E-state index in [1.54, 1.807) is 13.1 Å².